The number of phenols is 1. The van der Waals surface area contributed by atoms with E-state index in [0.717, 1.165) is 4.47 Å². The molecule has 0 saturated heterocycles. The molecular formula is C15H13BrN2O3. The smallest absolute Gasteiger partial charge is 0.271 e. The number of nitrogens with one attached hydrogen (secondary N) is 1. The minimum atomic E-state index is -0.309. The van der Waals surface area contributed by atoms with Crippen molar-refractivity contribution in [2.24, 2.45) is 5.10 Å². The molecule has 0 bridgehead atoms. The number of nitrogens with zero attached hydrogens (tertiary/aromatic N) is 1. The summed E-state index contributed by atoms with van der Waals surface area (Å²) in [5, 5.41) is 13.2. The lowest BCUT2D eigenvalue weighted by Gasteiger charge is -2.04. The Kier molecular flexibility index (Phi) is 4.94. The number of carbonyl (C=O) groups excluding carboxylic acids is 1. The topological polar surface area (TPSA) is 70.9 Å². The highest BCUT2D eigenvalue weighted by molar-refractivity contribution is 9.10. The fraction of sp³-hybridized carbons (Fsp3) is 0.0667. The van der Waals surface area contributed by atoms with Crippen LogP contribution in [0.5, 0.6) is 11.5 Å². The van der Waals surface area contributed by atoms with Crippen LogP contribution in [0.3, 0.4) is 0 Å². The predicted molar refractivity (Wildman–Crippen MR) is 83.9 cm³/mol. The number of hydrazone groups is 1. The van der Waals surface area contributed by atoms with Gasteiger partial charge in [-0.25, -0.2) is 5.43 Å². The van der Waals surface area contributed by atoms with Gasteiger partial charge in [0.1, 0.15) is 11.5 Å². The van der Waals surface area contributed by atoms with Crippen molar-refractivity contribution in [3.8, 4) is 11.5 Å². The van der Waals surface area contributed by atoms with E-state index in [2.05, 4.69) is 26.5 Å². The average molecular weight is 349 g/mol. The van der Waals surface area contributed by atoms with Crippen LogP contribution in [0.15, 0.2) is 52.0 Å². The van der Waals surface area contributed by atoms with Gasteiger partial charge >= 0.3 is 0 Å². The fourth-order valence-electron chi connectivity index (χ4n) is 1.63. The van der Waals surface area contributed by atoms with Crippen LogP contribution < -0.4 is 10.2 Å². The van der Waals surface area contributed by atoms with Gasteiger partial charge in [-0.15, -0.1) is 0 Å². The molecular weight excluding hydrogens is 336 g/mol. The number of phenolic OH excluding ortho intramolecular Hbond substituents is 1. The number of methoxy groups -OCH3 is 1. The lowest BCUT2D eigenvalue weighted by molar-refractivity contribution is 0.0955. The first-order valence-electron chi connectivity index (χ1n) is 6.06. The molecule has 5 nitrogen and oxygen atoms in total. The first-order valence-corrected chi connectivity index (χ1v) is 6.85. The van der Waals surface area contributed by atoms with Crippen LogP contribution in [0.2, 0.25) is 0 Å². The third kappa shape index (κ3) is 4.06. The number of benzene rings is 2. The van der Waals surface area contributed by atoms with E-state index in [1.807, 2.05) is 0 Å². The van der Waals surface area contributed by atoms with Crippen LogP contribution in [0.25, 0.3) is 0 Å². The fourth-order valence-corrected chi connectivity index (χ4v) is 1.90. The van der Waals surface area contributed by atoms with Crippen molar-refractivity contribution in [3.63, 3.8) is 0 Å². The zero-order valence-corrected chi connectivity index (χ0v) is 12.8. The van der Waals surface area contributed by atoms with Crippen LogP contribution >= 0.6 is 15.9 Å². The van der Waals surface area contributed by atoms with Gasteiger partial charge in [0.05, 0.1) is 13.3 Å². The molecule has 21 heavy (non-hydrogen) atoms. The van der Waals surface area contributed by atoms with E-state index in [0.29, 0.717) is 16.9 Å². The Labute approximate surface area is 130 Å². The lowest BCUT2D eigenvalue weighted by atomic mass is 10.2. The summed E-state index contributed by atoms with van der Waals surface area (Å²) >= 11 is 3.30. The largest absolute Gasteiger partial charge is 0.508 e. The van der Waals surface area contributed by atoms with Crippen molar-refractivity contribution in [2.75, 3.05) is 7.11 Å². The van der Waals surface area contributed by atoms with Gasteiger partial charge in [-0.2, -0.15) is 5.10 Å². The number of amides is 1. The van der Waals surface area contributed by atoms with Crippen molar-refractivity contribution in [1.82, 2.24) is 5.43 Å². The molecule has 1 amide bonds. The molecule has 0 atom stereocenters. The van der Waals surface area contributed by atoms with Gasteiger partial charge in [-0.1, -0.05) is 15.9 Å². The Balaban J connectivity index is 2.05. The van der Waals surface area contributed by atoms with Gasteiger partial charge < -0.3 is 9.84 Å². The summed E-state index contributed by atoms with van der Waals surface area (Å²) in [6.45, 7) is 0. The first kappa shape index (κ1) is 15.1. The summed E-state index contributed by atoms with van der Waals surface area (Å²) < 4.78 is 6.01. The molecule has 0 heterocycles. The molecule has 0 aliphatic rings. The second-order valence-electron chi connectivity index (χ2n) is 4.13. The highest BCUT2D eigenvalue weighted by Gasteiger charge is 2.04. The minimum Gasteiger partial charge on any atom is -0.508 e. The van der Waals surface area contributed by atoms with Gasteiger partial charge in [0, 0.05) is 21.7 Å². The molecule has 0 fully saturated rings. The molecule has 108 valence electrons. The van der Waals surface area contributed by atoms with E-state index >= 15 is 0 Å². The number of ether oxygens (including phenoxy) is 1. The van der Waals surface area contributed by atoms with Gasteiger partial charge in [-0.05, 0) is 36.4 Å². The van der Waals surface area contributed by atoms with E-state index in [9.17, 15) is 9.90 Å². The summed E-state index contributed by atoms with van der Waals surface area (Å²) in [6, 6.07) is 11.6. The minimum absolute atomic E-state index is 0.0999. The monoisotopic (exact) mass is 348 g/mol. The first-order chi connectivity index (χ1) is 10.1. The van der Waals surface area contributed by atoms with Crippen molar-refractivity contribution in [2.45, 2.75) is 0 Å². The molecule has 0 radical (unpaired) electrons. The lowest BCUT2D eigenvalue weighted by Crippen LogP contribution is -2.17. The van der Waals surface area contributed by atoms with Gasteiger partial charge in [0.2, 0.25) is 0 Å². The second-order valence-corrected chi connectivity index (χ2v) is 5.05. The van der Waals surface area contributed by atoms with E-state index in [1.54, 1.807) is 30.3 Å². The number of hydrogen-bond donors (Lipinski definition) is 2. The molecule has 2 aromatic rings. The maximum absolute atomic E-state index is 11.8. The third-order valence-electron chi connectivity index (χ3n) is 2.69. The summed E-state index contributed by atoms with van der Waals surface area (Å²) in [5.74, 6) is 0.260. The highest BCUT2D eigenvalue weighted by atomic mass is 79.9. The highest BCUT2D eigenvalue weighted by Crippen LogP contribution is 2.22. The summed E-state index contributed by atoms with van der Waals surface area (Å²) in [4.78, 5) is 11.8. The Morgan fingerprint density at radius 2 is 2.00 bits per heavy atom. The number of rotatable bonds is 4. The Bertz CT molecular complexity index is 669. The molecule has 0 aromatic heterocycles. The van der Waals surface area contributed by atoms with E-state index in [-0.39, 0.29) is 11.7 Å². The standard InChI is InChI=1S/C15H13BrN2O3/c1-21-14-8-13(19)7-4-11(14)9-17-18-15(20)10-2-5-12(16)6-3-10/h2-9,19H,1H3,(H,18,20). The van der Waals surface area contributed by atoms with Crippen LogP contribution in [0.4, 0.5) is 0 Å². The van der Waals surface area contributed by atoms with Crippen molar-refractivity contribution in [3.05, 3.63) is 58.1 Å². The van der Waals surface area contributed by atoms with Crippen molar-refractivity contribution >= 4 is 28.1 Å². The molecule has 0 aliphatic heterocycles. The molecule has 0 spiro atoms. The molecule has 0 unspecified atom stereocenters. The van der Waals surface area contributed by atoms with E-state index < -0.39 is 0 Å². The van der Waals surface area contributed by atoms with Crippen LogP contribution in [0.1, 0.15) is 15.9 Å². The molecule has 0 saturated carbocycles. The second kappa shape index (κ2) is 6.90. The molecule has 2 aromatic carbocycles. The predicted octanol–water partition coefficient (Wildman–Crippen LogP) is 2.93. The maximum atomic E-state index is 11.8. The summed E-state index contributed by atoms with van der Waals surface area (Å²) in [6.07, 6.45) is 1.45. The van der Waals surface area contributed by atoms with E-state index in [1.165, 1.54) is 25.5 Å². The molecule has 2 N–H and O–H groups in total. The average Bonchev–Trinajstić information content (AvgIpc) is 2.49. The van der Waals surface area contributed by atoms with Gasteiger partial charge in [0.25, 0.3) is 5.91 Å². The maximum Gasteiger partial charge on any atom is 0.271 e. The van der Waals surface area contributed by atoms with Gasteiger partial charge in [0.15, 0.2) is 0 Å². The molecule has 0 aliphatic carbocycles. The third-order valence-corrected chi connectivity index (χ3v) is 3.22. The van der Waals surface area contributed by atoms with Crippen LogP contribution in [0, 0.1) is 0 Å². The number of halogens is 1. The number of carbonyl (C=O) groups is 1. The normalized spacial score (nSPS) is 10.6. The Hall–Kier alpha value is -2.34. The van der Waals surface area contributed by atoms with Crippen LogP contribution in [-0.2, 0) is 0 Å². The summed E-state index contributed by atoms with van der Waals surface area (Å²) in [5.41, 5.74) is 3.58. The zero-order chi connectivity index (χ0) is 15.2. The number of aromatic hydroxyl groups is 1. The Morgan fingerprint density at radius 1 is 1.29 bits per heavy atom. The zero-order valence-electron chi connectivity index (χ0n) is 11.2. The molecule has 2 rings (SSSR count). The number of hydrogen-bond acceptors (Lipinski definition) is 4. The van der Waals surface area contributed by atoms with Gasteiger partial charge in [-0.3, -0.25) is 4.79 Å². The van der Waals surface area contributed by atoms with Crippen molar-refractivity contribution < 1.29 is 14.6 Å². The quantitative estimate of drug-likeness (QED) is 0.659. The Morgan fingerprint density at radius 3 is 2.67 bits per heavy atom. The summed E-state index contributed by atoms with van der Waals surface area (Å²) in [7, 11) is 1.49. The van der Waals surface area contributed by atoms with E-state index in [4.69, 9.17) is 4.74 Å². The SMILES string of the molecule is COc1cc(O)ccc1C=NNC(=O)c1ccc(Br)cc1. The van der Waals surface area contributed by atoms with Crippen LogP contribution in [-0.4, -0.2) is 24.3 Å². The molecule has 6 heteroatoms. The van der Waals surface area contributed by atoms with Crippen molar-refractivity contribution in [1.29, 1.82) is 0 Å².